The van der Waals surface area contributed by atoms with E-state index in [-0.39, 0.29) is 5.91 Å². The third kappa shape index (κ3) is 3.87. The first kappa shape index (κ1) is 18.7. The van der Waals surface area contributed by atoms with Gasteiger partial charge in [0.25, 0.3) is 5.91 Å². The van der Waals surface area contributed by atoms with Gasteiger partial charge in [-0.15, -0.1) is 0 Å². The molecule has 0 atom stereocenters. The largest absolute Gasteiger partial charge is 0.490 e. The fourth-order valence-corrected chi connectivity index (χ4v) is 3.51. The third-order valence-electron chi connectivity index (χ3n) is 5.11. The molecule has 0 aliphatic carbocycles. The number of carboxylic acid groups (broad SMARTS) is 1. The lowest BCUT2D eigenvalue weighted by atomic mass is 9.73. The van der Waals surface area contributed by atoms with Crippen molar-refractivity contribution >= 4 is 11.9 Å². The molecule has 1 N–H and O–H groups in total. The summed E-state index contributed by atoms with van der Waals surface area (Å²) in [4.78, 5) is 26.5. The number of ether oxygens (including phenoxy) is 1. The fraction of sp³-hybridized carbons (Fsp3) is 0.273. The van der Waals surface area contributed by atoms with E-state index in [4.69, 9.17) is 4.74 Å². The number of carbonyl (C=O) groups is 2. The molecule has 2 aromatic carbocycles. The van der Waals surface area contributed by atoms with E-state index in [2.05, 4.69) is 6.58 Å². The molecule has 0 saturated carbocycles. The maximum absolute atomic E-state index is 12.8. The predicted octanol–water partition coefficient (Wildman–Crippen LogP) is 3.51. The van der Waals surface area contributed by atoms with Gasteiger partial charge in [-0.1, -0.05) is 43.0 Å². The zero-order valence-corrected chi connectivity index (χ0v) is 15.1. The highest BCUT2D eigenvalue weighted by atomic mass is 16.5. The van der Waals surface area contributed by atoms with E-state index in [1.807, 2.05) is 30.3 Å². The van der Waals surface area contributed by atoms with Crippen molar-refractivity contribution in [1.82, 2.24) is 4.90 Å². The van der Waals surface area contributed by atoms with Gasteiger partial charge in [0, 0.05) is 18.7 Å². The first-order valence-electron chi connectivity index (χ1n) is 8.99. The number of hydrogen-bond donors (Lipinski definition) is 1. The van der Waals surface area contributed by atoms with Gasteiger partial charge in [-0.05, 0) is 42.7 Å². The maximum Gasteiger partial charge on any atom is 0.314 e. The fourth-order valence-electron chi connectivity index (χ4n) is 3.51. The Kier molecular flexibility index (Phi) is 5.60. The summed E-state index contributed by atoms with van der Waals surface area (Å²) < 4.78 is 5.43. The second-order valence-corrected chi connectivity index (χ2v) is 6.67. The second kappa shape index (κ2) is 8.08. The lowest BCUT2D eigenvalue weighted by molar-refractivity contribution is -0.145. The minimum Gasteiger partial charge on any atom is -0.490 e. The number of aliphatic carboxylic acids is 1. The highest BCUT2D eigenvalue weighted by Gasteiger charge is 2.43. The molecule has 1 aliphatic rings. The Hall–Kier alpha value is -3.08. The smallest absolute Gasteiger partial charge is 0.314 e. The van der Waals surface area contributed by atoms with Gasteiger partial charge < -0.3 is 14.7 Å². The first-order chi connectivity index (χ1) is 13.1. The molecule has 1 saturated heterocycles. The highest BCUT2D eigenvalue weighted by molar-refractivity contribution is 5.94. The Morgan fingerprint density at radius 2 is 1.70 bits per heavy atom. The molecule has 5 nitrogen and oxygen atoms in total. The van der Waals surface area contributed by atoms with E-state index >= 15 is 0 Å². The quantitative estimate of drug-likeness (QED) is 0.796. The van der Waals surface area contributed by atoms with Crippen LogP contribution in [0.3, 0.4) is 0 Å². The zero-order valence-electron chi connectivity index (χ0n) is 15.1. The van der Waals surface area contributed by atoms with Crippen LogP contribution in [-0.4, -0.2) is 41.6 Å². The van der Waals surface area contributed by atoms with Crippen LogP contribution in [0.2, 0.25) is 0 Å². The van der Waals surface area contributed by atoms with Crippen molar-refractivity contribution < 1.29 is 19.4 Å². The summed E-state index contributed by atoms with van der Waals surface area (Å²) in [7, 11) is 0. The molecular weight excluding hydrogens is 342 g/mol. The average molecular weight is 365 g/mol. The topological polar surface area (TPSA) is 66.8 Å². The number of likely N-dealkylation sites (tertiary alicyclic amines) is 1. The van der Waals surface area contributed by atoms with E-state index in [1.165, 1.54) is 0 Å². The summed E-state index contributed by atoms with van der Waals surface area (Å²) in [5.41, 5.74) is 0.442. The van der Waals surface area contributed by atoms with Gasteiger partial charge in [-0.2, -0.15) is 0 Å². The van der Waals surface area contributed by atoms with Gasteiger partial charge in [-0.3, -0.25) is 9.59 Å². The number of benzene rings is 2. The van der Waals surface area contributed by atoms with E-state index < -0.39 is 11.4 Å². The van der Waals surface area contributed by atoms with E-state index in [9.17, 15) is 14.7 Å². The molecule has 5 heteroatoms. The number of hydrogen-bond acceptors (Lipinski definition) is 3. The van der Waals surface area contributed by atoms with Crippen LogP contribution in [0.25, 0.3) is 0 Å². The highest BCUT2D eigenvalue weighted by Crippen LogP contribution is 2.36. The molecule has 0 aromatic heterocycles. The number of amides is 1. The molecular formula is C22H23NO4. The summed E-state index contributed by atoms with van der Waals surface area (Å²) in [5, 5.41) is 9.86. The second-order valence-electron chi connectivity index (χ2n) is 6.67. The van der Waals surface area contributed by atoms with Crippen molar-refractivity contribution in [2.24, 2.45) is 0 Å². The number of piperidine rings is 1. The Bertz CT molecular complexity index is 806. The number of carboxylic acids is 1. The SMILES string of the molecule is C=CCOc1ccc(C(=O)N2CCC(C(=O)O)(c3ccccc3)CC2)cc1. The van der Waals surface area contributed by atoms with Crippen molar-refractivity contribution in [1.29, 1.82) is 0 Å². The maximum atomic E-state index is 12.8. The van der Waals surface area contributed by atoms with Gasteiger partial charge in [0.2, 0.25) is 0 Å². The normalized spacial score (nSPS) is 15.8. The van der Waals surface area contributed by atoms with Crippen LogP contribution in [0.1, 0.15) is 28.8 Å². The minimum atomic E-state index is -0.930. The van der Waals surface area contributed by atoms with E-state index in [0.717, 1.165) is 5.56 Å². The van der Waals surface area contributed by atoms with Crippen molar-refractivity contribution in [2.45, 2.75) is 18.3 Å². The molecule has 0 unspecified atom stereocenters. The molecule has 1 fully saturated rings. The molecule has 1 aliphatic heterocycles. The summed E-state index contributed by atoms with van der Waals surface area (Å²) in [6, 6.07) is 16.3. The van der Waals surface area contributed by atoms with Crippen LogP contribution >= 0.6 is 0 Å². The molecule has 1 heterocycles. The van der Waals surface area contributed by atoms with Crippen LogP contribution in [0.5, 0.6) is 5.75 Å². The summed E-state index contributed by atoms with van der Waals surface area (Å²) in [5.74, 6) is -0.235. The van der Waals surface area contributed by atoms with Gasteiger partial charge in [0.05, 0.1) is 5.41 Å². The molecule has 1 amide bonds. The van der Waals surface area contributed by atoms with Crippen LogP contribution in [0, 0.1) is 0 Å². The lowest BCUT2D eigenvalue weighted by Crippen LogP contribution is -2.49. The Balaban J connectivity index is 1.70. The molecule has 3 rings (SSSR count). The van der Waals surface area contributed by atoms with Crippen LogP contribution in [0.15, 0.2) is 67.3 Å². The summed E-state index contributed by atoms with van der Waals surface area (Å²) >= 11 is 0. The van der Waals surface area contributed by atoms with Gasteiger partial charge >= 0.3 is 5.97 Å². The Morgan fingerprint density at radius 3 is 2.26 bits per heavy atom. The Morgan fingerprint density at radius 1 is 1.07 bits per heavy atom. The standard InChI is InChI=1S/C22H23NO4/c1-2-16-27-19-10-8-17(9-11-19)20(24)23-14-12-22(13-15-23,21(25)26)18-6-4-3-5-7-18/h2-11H,1,12-16H2,(H,25,26). The first-order valence-corrected chi connectivity index (χ1v) is 8.99. The van der Waals surface area contributed by atoms with Crippen molar-refractivity contribution in [3.05, 3.63) is 78.4 Å². The molecule has 140 valence electrons. The van der Waals surface area contributed by atoms with Crippen LogP contribution in [0.4, 0.5) is 0 Å². The van der Waals surface area contributed by atoms with Crippen molar-refractivity contribution in [3.63, 3.8) is 0 Å². The molecule has 2 aromatic rings. The van der Waals surface area contributed by atoms with Crippen LogP contribution in [-0.2, 0) is 10.2 Å². The molecule has 0 spiro atoms. The van der Waals surface area contributed by atoms with E-state index in [1.54, 1.807) is 35.2 Å². The summed E-state index contributed by atoms with van der Waals surface area (Å²) in [6.45, 7) is 4.84. The van der Waals surface area contributed by atoms with Crippen molar-refractivity contribution in [2.75, 3.05) is 19.7 Å². The number of carbonyl (C=O) groups excluding carboxylic acids is 1. The van der Waals surface area contributed by atoms with Gasteiger partial charge in [-0.25, -0.2) is 0 Å². The van der Waals surface area contributed by atoms with E-state index in [0.29, 0.717) is 43.9 Å². The lowest BCUT2D eigenvalue weighted by Gasteiger charge is -2.39. The number of nitrogens with zero attached hydrogens (tertiary/aromatic N) is 1. The predicted molar refractivity (Wildman–Crippen MR) is 103 cm³/mol. The molecule has 27 heavy (non-hydrogen) atoms. The van der Waals surface area contributed by atoms with Crippen molar-refractivity contribution in [3.8, 4) is 5.75 Å². The Labute approximate surface area is 158 Å². The number of rotatable bonds is 6. The zero-order chi connectivity index (χ0) is 19.3. The van der Waals surface area contributed by atoms with Gasteiger partial charge in [0.1, 0.15) is 12.4 Å². The monoisotopic (exact) mass is 365 g/mol. The summed E-state index contributed by atoms with van der Waals surface area (Å²) in [6.07, 6.45) is 2.46. The van der Waals surface area contributed by atoms with Crippen LogP contribution < -0.4 is 4.74 Å². The third-order valence-corrected chi connectivity index (χ3v) is 5.11. The van der Waals surface area contributed by atoms with Gasteiger partial charge in [0.15, 0.2) is 0 Å². The molecule has 0 bridgehead atoms. The molecule has 0 radical (unpaired) electrons. The minimum absolute atomic E-state index is 0.0858. The average Bonchev–Trinajstić information content (AvgIpc) is 2.72.